The van der Waals surface area contributed by atoms with Crippen molar-refractivity contribution in [2.45, 2.75) is 70.2 Å². The molecule has 12 heteroatoms. The van der Waals surface area contributed by atoms with Crippen LogP contribution < -0.4 is 10.6 Å². The van der Waals surface area contributed by atoms with Gasteiger partial charge in [-0.1, -0.05) is 5.21 Å². The molecule has 1 saturated heterocycles. The maximum absolute atomic E-state index is 11.6. The molecule has 0 bridgehead atoms. The summed E-state index contributed by atoms with van der Waals surface area (Å²) in [4.78, 5) is 34.4. The van der Waals surface area contributed by atoms with Crippen molar-refractivity contribution < 1.29 is 34.4 Å². The predicted molar refractivity (Wildman–Crippen MR) is 97.2 cm³/mol. The summed E-state index contributed by atoms with van der Waals surface area (Å²) in [6.07, 6.45) is -2.73. The third kappa shape index (κ3) is 5.79. The fourth-order valence-electron chi connectivity index (χ4n) is 3.18. The van der Waals surface area contributed by atoms with E-state index >= 15 is 0 Å². The lowest BCUT2D eigenvalue weighted by atomic mass is 9.96. The van der Waals surface area contributed by atoms with Gasteiger partial charge in [-0.2, -0.15) is 0 Å². The molecule has 12 nitrogen and oxygen atoms in total. The Balaban J connectivity index is 2.15. The number of ketones is 1. The van der Waals surface area contributed by atoms with E-state index in [-0.39, 0.29) is 11.7 Å². The third-order valence-electron chi connectivity index (χ3n) is 4.65. The first-order chi connectivity index (χ1) is 13.6. The zero-order valence-corrected chi connectivity index (χ0v) is 16.5. The highest BCUT2D eigenvalue weighted by Gasteiger charge is 2.46. The number of hydrogen-bond donors (Lipinski definition) is 5. The van der Waals surface area contributed by atoms with E-state index in [1.54, 1.807) is 0 Å². The monoisotopic (exact) mass is 413 g/mol. The molecule has 5 N–H and O–H groups in total. The molecule has 162 valence electrons. The molecule has 1 aromatic rings. The number of ether oxygens (including phenoxy) is 1. The summed E-state index contributed by atoms with van der Waals surface area (Å²) in [5, 5.41) is 42.8. The Morgan fingerprint density at radius 1 is 1.21 bits per heavy atom. The molecule has 6 atom stereocenters. The van der Waals surface area contributed by atoms with E-state index in [9.17, 15) is 29.7 Å². The number of Topliss-reactive ketones (excluding diaryl/α,β-unsaturated/α-hetero) is 1. The van der Waals surface area contributed by atoms with Crippen LogP contribution >= 0.6 is 0 Å². The minimum Gasteiger partial charge on any atom is -0.394 e. The van der Waals surface area contributed by atoms with Gasteiger partial charge in [0.2, 0.25) is 11.8 Å². The Bertz CT molecular complexity index is 740. The molecule has 1 aliphatic rings. The molecule has 1 fully saturated rings. The van der Waals surface area contributed by atoms with Gasteiger partial charge in [0.15, 0.2) is 12.0 Å². The van der Waals surface area contributed by atoms with Crippen LogP contribution in [0.25, 0.3) is 0 Å². The molecule has 1 aliphatic heterocycles. The van der Waals surface area contributed by atoms with Gasteiger partial charge in [-0.3, -0.25) is 14.4 Å². The predicted octanol–water partition coefficient (Wildman–Crippen LogP) is -2.58. The number of aromatic nitrogens is 3. The molecule has 0 aromatic carbocycles. The standard InChI is InChI=1S/C17H27N5O7/c1-8(24)12(18-9(2)25)5-4-11-6-22(21-20-11)17-14(19-10(3)26)16(28)15(27)13(7-23)29-17/h6,12-17,23,27-28H,4-5,7H2,1-3H3,(H,18,25)(H,19,26)/t12-,13?,14?,15+,16+,17+/m0/s1. The van der Waals surface area contributed by atoms with E-state index in [0.717, 1.165) is 0 Å². The molecular weight excluding hydrogens is 386 g/mol. The van der Waals surface area contributed by atoms with Crippen LogP contribution in [0.15, 0.2) is 6.20 Å². The molecule has 0 saturated carbocycles. The first-order valence-corrected chi connectivity index (χ1v) is 9.21. The molecule has 29 heavy (non-hydrogen) atoms. The number of rotatable bonds is 8. The van der Waals surface area contributed by atoms with Crippen molar-refractivity contribution >= 4 is 17.6 Å². The number of carbonyl (C=O) groups excluding carboxylic acids is 3. The van der Waals surface area contributed by atoms with E-state index in [1.165, 1.54) is 31.6 Å². The second-order valence-electron chi connectivity index (χ2n) is 7.05. The Hall–Kier alpha value is -2.41. The van der Waals surface area contributed by atoms with Crippen LogP contribution in [-0.2, 0) is 25.5 Å². The van der Waals surface area contributed by atoms with Gasteiger partial charge in [0.05, 0.1) is 24.5 Å². The van der Waals surface area contributed by atoms with Crippen molar-refractivity contribution in [1.29, 1.82) is 0 Å². The maximum Gasteiger partial charge on any atom is 0.217 e. The maximum atomic E-state index is 11.6. The molecule has 1 aromatic heterocycles. The lowest BCUT2D eigenvalue weighted by molar-refractivity contribution is -0.219. The van der Waals surface area contributed by atoms with Crippen molar-refractivity contribution in [2.75, 3.05) is 6.61 Å². The topological polar surface area (TPSA) is 176 Å². The van der Waals surface area contributed by atoms with Crippen molar-refractivity contribution in [3.63, 3.8) is 0 Å². The van der Waals surface area contributed by atoms with Gasteiger partial charge in [0.1, 0.15) is 24.4 Å². The van der Waals surface area contributed by atoms with Crippen LogP contribution in [-0.4, -0.2) is 84.9 Å². The summed E-state index contributed by atoms with van der Waals surface area (Å²) in [6.45, 7) is 3.42. The third-order valence-corrected chi connectivity index (χ3v) is 4.65. The van der Waals surface area contributed by atoms with E-state index < -0.39 is 49.1 Å². The Kier molecular flexibility index (Phi) is 7.79. The van der Waals surface area contributed by atoms with Crippen molar-refractivity contribution in [1.82, 2.24) is 25.6 Å². The molecule has 0 spiro atoms. The average Bonchev–Trinajstić information content (AvgIpc) is 3.10. The number of nitrogens with one attached hydrogen (secondary N) is 2. The molecular formula is C17H27N5O7. The summed E-state index contributed by atoms with van der Waals surface area (Å²) in [5.74, 6) is -0.945. The lowest BCUT2D eigenvalue weighted by Crippen LogP contribution is -2.62. The number of nitrogens with zero attached hydrogens (tertiary/aromatic N) is 3. The van der Waals surface area contributed by atoms with Gasteiger partial charge in [0.25, 0.3) is 0 Å². The second-order valence-corrected chi connectivity index (χ2v) is 7.05. The van der Waals surface area contributed by atoms with Gasteiger partial charge in [-0.15, -0.1) is 5.10 Å². The Morgan fingerprint density at radius 2 is 1.90 bits per heavy atom. The summed E-state index contributed by atoms with van der Waals surface area (Å²) >= 11 is 0. The SMILES string of the molecule is CC(=O)NC1[C@@H](O)[C@H](O)C(CO)O[C@H]1n1cc(CC[C@H](NC(C)=O)C(C)=O)nn1. The van der Waals surface area contributed by atoms with Gasteiger partial charge in [-0.05, 0) is 19.8 Å². The Morgan fingerprint density at radius 3 is 2.45 bits per heavy atom. The summed E-state index contributed by atoms with van der Waals surface area (Å²) < 4.78 is 6.89. The first kappa shape index (κ1) is 22.9. The second kappa shape index (κ2) is 9.87. The van der Waals surface area contributed by atoms with Gasteiger partial charge >= 0.3 is 0 Å². The van der Waals surface area contributed by atoms with Gasteiger partial charge in [-0.25, -0.2) is 4.68 Å². The fraction of sp³-hybridized carbons (Fsp3) is 0.706. The minimum atomic E-state index is -1.40. The van der Waals surface area contributed by atoms with Crippen LogP contribution in [0.4, 0.5) is 0 Å². The molecule has 0 aliphatic carbocycles. The molecule has 0 radical (unpaired) electrons. The van der Waals surface area contributed by atoms with Crippen molar-refractivity contribution in [2.24, 2.45) is 0 Å². The number of amides is 2. The lowest BCUT2D eigenvalue weighted by Gasteiger charge is -2.42. The molecule has 2 unspecified atom stereocenters. The molecule has 2 rings (SSSR count). The summed E-state index contributed by atoms with van der Waals surface area (Å²) in [6, 6.07) is -1.67. The normalized spacial score (nSPS) is 27.9. The highest BCUT2D eigenvalue weighted by Crippen LogP contribution is 2.28. The smallest absolute Gasteiger partial charge is 0.217 e. The number of hydrogen-bond acceptors (Lipinski definition) is 9. The van der Waals surface area contributed by atoms with Crippen LogP contribution in [0.3, 0.4) is 0 Å². The van der Waals surface area contributed by atoms with Crippen LogP contribution in [0, 0.1) is 0 Å². The average molecular weight is 413 g/mol. The highest BCUT2D eigenvalue weighted by molar-refractivity contribution is 5.86. The largest absolute Gasteiger partial charge is 0.394 e. The summed E-state index contributed by atoms with van der Waals surface area (Å²) in [5.41, 5.74) is 0.493. The van der Waals surface area contributed by atoms with E-state index in [4.69, 9.17) is 4.74 Å². The van der Waals surface area contributed by atoms with Crippen LogP contribution in [0.1, 0.15) is 39.1 Å². The number of carbonyl (C=O) groups is 3. The number of aliphatic hydroxyl groups excluding tert-OH is 3. The quantitative estimate of drug-likeness (QED) is 0.306. The fourth-order valence-corrected chi connectivity index (χ4v) is 3.18. The number of aliphatic hydroxyl groups is 3. The highest BCUT2D eigenvalue weighted by atomic mass is 16.5. The van der Waals surface area contributed by atoms with E-state index in [0.29, 0.717) is 18.5 Å². The van der Waals surface area contributed by atoms with Crippen LogP contribution in [0.2, 0.25) is 0 Å². The van der Waals surface area contributed by atoms with Gasteiger partial charge in [0, 0.05) is 13.8 Å². The summed E-state index contributed by atoms with van der Waals surface area (Å²) in [7, 11) is 0. The zero-order valence-electron chi connectivity index (χ0n) is 16.5. The zero-order chi connectivity index (χ0) is 21.7. The van der Waals surface area contributed by atoms with Crippen molar-refractivity contribution in [3.05, 3.63) is 11.9 Å². The van der Waals surface area contributed by atoms with E-state index in [1.807, 2.05) is 0 Å². The minimum absolute atomic E-state index is 0.183. The first-order valence-electron chi connectivity index (χ1n) is 9.21. The Labute approximate surface area is 167 Å². The number of aryl methyl sites for hydroxylation is 1. The van der Waals surface area contributed by atoms with Crippen LogP contribution in [0.5, 0.6) is 0 Å². The van der Waals surface area contributed by atoms with Gasteiger partial charge < -0.3 is 30.7 Å². The van der Waals surface area contributed by atoms with Crippen molar-refractivity contribution in [3.8, 4) is 0 Å². The van der Waals surface area contributed by atoms with E-state index in [2.05, 4.69) is 20.9 Å². The molecule has 2 amide bonds. The molecule has 2 heterocycles.